The molecule has 180 valence electrons. The van der Waals surface area contributed by atoms with E-state index in [2.05, 4.69) is 0 Å². The molecule has 0 aliphatic carbocycles. The molecule has 0 radical (unpaired) electrons. The number of aliphatic hydroxyl groups is 1. The molecule has 4 rings (SSSR count). The van der Waals surface area contributed by atoms with Gasteiger partial charge in [-0.1, -0.05) is 62.4 Å². The van der Waals surface area contributed by atoms with Gasteiger partial charge in [-0.15, -0.1) is 0 Å². The zero-order chi connectivity index (χ0) is 25.1. The first-order valence-corrected chi connectivity index (χ1v) is 11.6. The summed E-state index contributed by atoms with van der Waals surface area (Å²) >= 11 is 0. The summed E-state index contributed by atoms with van der Waals surface area (Å²) in [5.74, 6) is -0.302. The van der Waals surface area contributed by atoms with Crippen molar-refractivity contribution in [3.8, 4) is 11.5 Å². The predicted octanol–water partition coefficient (Wildman–Crippen LogP) is 5.66. The van der Waals surface area contributed by atoms with E-state index in [1.165, 1.54) is 12.0 Å². The van der Waals surface area contributed by atoms with E-state index in [-0.39, 0.29) is 11.3 Å². The number of hydrogen-bond donors (Lipinski definition) is 1. The van der Waals surface area contributed by atoms with E-state index in [0.717, 1.165) is 5.56 Å². The zero-order valence-corrected chi connectivity index (χ0v) is 20.3. The third kappa shape index (κ3) is 4.64. The number of ketones is 1. The first-order chi connectivity index (χ1) is 16.8. The average molecular weight is 472 g/mol. The van der Waals surface area contributed by atoms with Gasteiger partial charge in [0.25, 0.3) is 11.7 Å². The molecule has 1 N–H and O–H groups in total. The summed E-state index contributed by atoms with van der Waals surface area (Å²) < 4.78 is 11.4. The van der Waals surface area contributed by atoms with Gasteiger partial charge in [-0.05, 0) is 42.7 Å². The second-order valence-electron chi connectivity index (χ2n) is 8.93. The standard InChI is InChI=1S/C29H29NO5/c1-18(2)17-35-21-12-9-11-20(16-21)27(31)25-26(22-13-6-8-15-24(22)34-4)30(29(33)28(25)32)23-14-7-5-10-19(23)3/h5-16,18,26,31H,17H2,1-4H3/b27-25+. The minimum absolute atomic E-state index is 0.00348. The van der Waals surface area contributed by atoms with E-state index >= 15 is 0 Å². The first-order valence-electron chi connectivity index (χ1n) is 11.6. The molecule has 1 aliphatic heterocycles. The lowest BCUT2D eigenvalue weighted by molar-refractivity contribution is -0.132. The zero-order valence-electron chi connectivity index (χ0n) is 20.3. The number of amides is 1. The van der Waals surface area contributed by atoms with Crippen LogP contribution in [-0.2, 0) is 9.59 Å². The first kappa shape index (κ1) is 24.1. The number of nitrogens with zero attached hydrogens (tertiary/aromatic N) is 1. The van der Waals surface area contributed by atoms with Crippen molar-refractivity contribution in [3.05, 3.63) is 95.1 Å². The van der Waals surface area contributed by atoms with Crippen LogP contribution in [0, 0.1) is 12.8 Å². The van der Waals surface area contributed by atoms with E-state index in [1.54, 1.807) is 42.5 Å². The second-order valence-corrected chi connectivity index (χ2v) is 8.93. The number of carbonyl (C=O) groups is 2. The lowest BCUT2D eigenvalue weighted by atomic mass is 9.94. The molecule has 35 heavy (non-hydrogen) atoms. The maximum Gasteiger partial charge on any atom is 0.300 e. The van der Waals surface area contributed by atoms with Crippen LogP contribution >= 0.6 is 0 Å². The van der Waals surface area contributed by atoms with Crippen molar-refractivity contribution in [1.29, 1.82) is 0 Å². The fourth-order valence-electron chi connectivity index (χ4n) is 4.25. The number of Topliss-reactive ketones (excluding diaryl/α,β-unsaturated/α-hetero) is 1. The van der Waals surface area contributed by atoms with E-state index < -0.39 is 17.7 Å². The van der Waals surface area contributed by atoms with Crippen LogP contribution in [0.5, 0.6) is 11.5 Å². The number of carbonyl (C=O) groups excluding carboxylic acids is 2. The molecule has 1 amide bonds. The molecule has 1 unspecified atom stereocenters. The molecule has 3 aromatic rings. The SMILES string of the molecule is COc1ccccc1C1/C(=C(\O)c2cccc(OCC(C)C)c2)C(=O)C(=O)N1c1ccccc1C. The molecule has 1 saturated heterocycles. The number of rotatable bonds is 7. The lowest BCUT2D eigenvalue weighted by Gasteiger charge is -2.27. The van der Waals surface area contributed by atoms with Crippen LogP contribution in [0.1, 0.15) is 36.6 Å². The minimum atomic E-state index is -0.868. The van der Waals surface area contributed by atoms with Crippen molar-refractivity contribution in [2.24, 2.45) is 5.92 Å². The van der Waals surface area contributed by atoms with Gasteiger partial charge >= 0.3 is 0 Å². The maximum absolute atomic E-state index is 13.4. The third-order valence-corrected chi connectivity index (χ3v) is 5.94. The highest BCUT2D eigenvalue weighted by Crippen LogP contribution is 2.45. The Morgan fingerprint density at radius 1 is 1.00 bits per heavy atom. The summed E-state index contributed by atoms with van der Waals surface area (Å²) in [4.78, 5) is 28.3. The number of para-hydroxylation sites is 2. The number of methoxy groups -OCH3 is 1. The number of aliphatic hydroxyl groups excluding tert-OH is 1. The number of hydrogen-bond acceptors (Lipinski definition) is 5. The number of aryl methyl sites for hydroxylation is 1. The molecule has 0 spiro atoms. The van der Waals surface area contributed by atoms with Crippen molar-refractivity contribution in [1.82, 2.24) is 0 Å². The summed E-state index contributed by atoms with van der Waals surface area (Å²) in [6, 6.07) is 20.6. The van der Waals surface area contributed by atoms with Crippen molar-refractivity contribution in [2.75, 3.05) is 18.6 Å². The fourth-order valence-corrected chi connectivity index (χ4v) is 4.25. The molecule has 1 heterocycles. The molecule has 1 fully saturated rings. The van der Waals surface area contributed by atoms with Crippen LogP contribution in [0.25, 0.3) is 5.76 Å². The Kier molecular flexibility index (Phi) is 6.92. The van der Waals surface area contributed by atoms with Gasteiger partial charge in [0.1, 0.15) is 17.3 Å². The van der Waals surface area contributed by atoms with Crippen LogP contribution in [0.3, 0.4) is 0 Å². The van der Waals surface area contributed by atoms with Gasteiger partial charge in [-0.25, -0.2) is 0 Å². The summed E-state index contributed by atoms with van der Waals surface area (Å²) in [6.07, 6.45) is 0. The van der Waals surface area contributed by atoms with Gasteiger partial charge in [0, 0.05) is 16.8 Å². The normalized spacial score (nSPS) is 17.2. The Morgan fingerprint density at radius 3 is 2.43 bits per heavy atom. The maximum atomic E-state index is 13.4. The molecular weight excluding hydrogens is 442 g/mol. The molecular formula is C29H29NO5. The predicted molar refractivity (Wildman–Crippen MR) is 136 cm³/mol. The molecule has 0 aromatic heterocycles. The van der Waals surface area contributed by atoms with Crippen molar-refractivity contribution in [3.63, 3.8) is 0 Å². The van der Waals surface area contributed by atoms with E-state index in [4.69, 9.17) is 9.47 Å². The van der Waals surface area contributed by atoms with Gasteiger partial charge in [-0.2, -0.15) is 0 Å². The highest BCUT2D eigenvalue weighted by atomic mass is 16.5. The molecule has 6 nitrogen and oxygen atoms in total. The van der Waals surface area contributed by atoms with Gasteiger partial charge < -0.3 is 14.6 Å². The molecule has 0 saturated carbocycles. The van der Waals surface area contributed by atoms with Crippen LogP contribution in [-0.4, -0.2) is 30.5 Å². The van der Waals surface area contributed by atoms with Crippen LogP contribution in [0.2, 0.25) is 0 Å². The molecule has 1 aliphatic rings. The van der Waals surface area contributed by atoms with Gasteiger partial charge in [0.2, 0.25) is 0 Å². The van der Waals surface area contributed by atoms with Gasteiger partial charge in [0.15, 0.2) is 0 Å². The van der Waals surface area contributed by atoms with Crippen molar-refractivity contribution in [2.45, 2.75) is 26.8 Å². The molecule has 1 atom stereocenters. The molecule has 6 heteroatoms. The van der Waals surface area contributed by atoms with Crippen LogP contribution in [0.4, 0.5) is 5.69 Å². The monoisotopic (exact) mass is 471 g/mol. The van der Waals surface area contributed by atoms with Gasteiger partial charge in [-0.3, -0.25) is 14.5 Å². The van der Waals surface area contributed by atoms with Crippen molar-refractivity contribution < 1.29 is 24.2 Å². The lowest BCUT2D eigenvalue weighted by Crippen LogP contribution is -2.30. The average Bonchev–Trinajstić information content (AvgIpc) is 3.12. The number of anilines is 1. The van der Waals surface area contributed by atoms with E-state index in [1.807, 2.05) is 51.1 Å². The van der Waals surface area contributed by atoms with Crippen molar-refractivity contribution >= 4 is 23.1 Å². The van der Waals surface area contributed by atoms with Gasteiger partial charge in [0.05, 0.1) is 25.3 Å². The molecule has 0 bridgehead atoms. The Bertz CT molecular complexity index is 1290. The number of ether oxygens (including phenoxy) is 2. The largest absolute Gasteiger partial charge is 0.507 e. The third-order valence-electron chi connectivity index (χ3n) is 5.94. The fraction of sp³-hybridized carbons (Fsp3) is 0.241. The summed E-state index contributed by atoms with van der Waals surface area (Å²) in [5, 5.41) is 11.4. The second kappa shape index (κ2) is 10.1. The summed E-state index contributed by atoms with van der Waals surface area (Å²) in [6.45, 7) is 6.49. The Morgan fingerprint density at radius 2 is 1.71 bits per heavy atom. The topological polar surface area (TPSA) is 76.1 Å². The van der Waals surface area contributed by atoms with E-state index in [9.17, 15) is 14.7 Å². The Labute approximate surface area is 205 Å². The highest BCUT2D eigenvalue weighted by Gasteiger charge is 2.48. The minimum Gasteiger partial charge on any atom is -0.507 e. The van der Waals surface area contributed by atoms with E-state index in [0.29, 0.717) is 40.8 Å². The Balaban J connectivity index is 1.92. The summed E-state index contributed by atoms with van der Waals surface area (Å²) in [5.41, 5.74) is 2.43. The molecule has 3 aromatic carbocycles. The Hall–Kier alpha value is -4.06. The van der Waals surface area contributed by atoms with Crippen LogP contribution < -0.4 is 14.4 Å². The summed E-state index contributed by atoms with van der Waals surface area (Å²) in [7, 11) is 1.54. The highest BCUT2D eigenvalue weighted by molar-refractivity contribution is 6.51. The quantitative estimate of drug-likeness (QED) is 0.273. The van der Waals surface area contributed by atoms with Crippen LogP contribution in [0.15, 0.2) is 78.4 Å². The number of benzene rings is 3. The smallest absolute Gasteiger partial charge is 0.300 e.